The minimum atomic E-state index is -0.482. The number of ether oxygens (including phenoxy) is 1. The molecule has 0 saturated carbocycles. The maximum atomic E-state index is 10.6. The highest BCUT2D eigenvalue weighted by Crippen LogP contribution is 2.31. The Hall–Kier alpha value is -2.28. The predicted molar refractivity (Wildman–Crippen MR) is 81.5 cm³/mol. The summed E-state index contributed by atoms with van der Waals surface area (Å²) in [6.07, 6.45) is 0. The van der Waals surface area contributed by atoms with Crippen LogP contribution in [0.5, 0.6) is 5.75 Å². The number of nitrogens with one attached hydrogen (secondary N) is 1. The van der Waals surface area contributed by atoms with Gasteiger partial charge >= 0.3 is 0 Å². The molecule has 2 aromatic rings. The van der Waals surface area contributed by atoms with Crippen LogP contribution in [0, 0.1) is 10.1 Å². The fourth-order valence-electron chi connectivity index (χ4n) is 1.68. The molecule has 0 heterocycles. The number of rotatable bonds is 4. The highest BCUT2D eigenvalue weighted by Gasteiger charge is 2.09. The highest BCUT2D eigenvalue weighted by molar-refractivity contribution is 9.10. The molecule has 2 rings (SSSR count). The summed E-state index contributed by atoms with van der Waals surface area (Å²) in [6.45, 7) is 0. The second-order valence-electron chi connectivity index (χ2n) is 4.00. The van der Waals surface area contributed by atoms with Crippen LogP contribution in [0.15, 0.2) is 40.9 Å². The molecule has 104 valence electrons. The van der Waals surface area contributed by atoms with Crippen LogP contribution in [-0.2, 0) is 0 Å². The lowest BCUT2D eigenvalue weighted by molar-refractivity contribution is -0.384. The van der Waals surface area contributed by atoms with Crippen molar-refractivity contribution in [3.05, 3.63) is 51.0 Å². The van der Waals surface area contributed by atoms with Crippen molar-refractivity contribution in [3.8, 4) is 5.75 Å². The number of nitrogens with zero attached hydrogens (tertiary/aromatic N) is 1. The second kappa shape index (κ2) is 5.79. The van der Waals surface area contributed by atoms with Crippen LogP contribution in [0.25, 0.3) is 0 Å². The third-order valence-corrected chi connectivity index (χ3v) is 3.30. The Morgan fingerprint density at radius 3 is 2.60 bits per heavy atom. The largest absolute Gasteiger partial charge is 0.496 e. The molecule has 0 aromatic heterocycles. The van der Waals surface area contributed by atoms with E-state index < -0.39 is 4.92 Å². The van der Waals surface area contributed by atoms with Gasteiger partial charge in [0.05, 0.1) is 27.9 Å². The summed E-state index contributed by atoms with van der Waals surface area (Å²) >= 11 is 3.38. The zero-order chi connectivity index (χ0) is 14.7. The smallest absolute Gasteiger partial charge is 0.271 e. The van der Waals surface area contributed by atoms with E-state index in [9.17, 15) is 10.1 Å². The average Bonchev–Trinajstić information content (AvgIpc) is 2.41. The Kier molecular flexibility index (Phi) is 4.09. The zero-order valence-corrected chi connectivity index (χ0v) is 12.2. The number of non-ortho nitro benzene ring substituents is 1. The lowest BCUT2D eigenvalue weighted by Gasteiger charge is -2.11. The van der Waals surface area contributed by atoms with Gasteiger partial charge < -0.3 is 15.8 Å². The van der Waals surface area contributed by atoms with E-state index in [4.69, 9.17) is 10.5 Å². The topological polar surface area (TPSA) is 90.4 Å². The van der Waals surface area contributed by atoms with Gasteiger partial charge in [-0.05, 0) is 40.2 Å². The van der Waals surface area contributed by atoms with Gasteiger partial charge in [-0.1, -0.05) is 0 Å². The Balaban J connectivity index is 2.26. The van der Waals surface area contributed by atoms with Crippen molar-refractivity contribution in [2.24, 2.45) is 0 Å². The van der Waals surface area contributed by atoms with E-state index in [1.54, 1.807) is 19.2 Å². The molecule has 0 radical (unpaired) electrons. The molecular weight excluding hydrogens is 326 g/mol. The normalized spacial score (nSPS) is 10.1. The van der Waals surface area contributed by atoms with Gasteiger partial charge in [0, 0.05) is 17.8 Å². The summed E-state index contributed by atoms with van der Waals surface area (Å²) in [6, 6.07) is 9.75. The number of nitro benzene ring substituents is 1. The lowest BCUT2D eigenvalue weighted by atomic mass is 10.2. The number of nitro groups is 1. The molecule has 7 heteroatoms. The first-order valence-corrected chi connectivity index (χ1v) is 6.45. The van der Waals surface area contributed by atoms with Gasteiger partial charge in [0.1, 0.15) is 5.75 Å². The average molecular weight is 338 g/mol. The van der Waals surface area contributed by atoms with Crippen LogP contribution < -0.4 is 15.8 Å². The third kappa shape index (κ3) is 3.00. The summed E-state index contributed by atoms with van der Waals surface area (Å²) < 4.78 is 5.94. The Labute approximate surface area is 123 Å². The first kappa shape index (κ1) is 14.1. The monoisotopic (exact) mass is 337 g/mol. The van der Waals surface area contributed by atoms with Crippen molar-refractivity contribution in [1.82, 2.24) is 0 Å². The molecule has 6 nitrogen and oxygen atoms in total. The fourth-order valence-corrected chi connectivity index (χ4v) is 2.22. The van der Waals surface area contributed by atoms with Gasteiger partial charge in [-0.15, -0.1) is 0 Å². The minimum Gasteiger partial charge on any atom is -0.496 e. The summed E-state index contributed by atoms with van der Waals surface area (Å²) in [5.41, 5.74) is 7.47. The summed E-state index contributed by atoms with van der Waals surface area (Å²) in [7, 11) is 1.58. The number of nitrogens with two attached hydrogens (primary N) is 1. The molecule has 0 amide bonds. The highest BCUT2D eigenvalue weighted by atomic mass is 79.9. The van der Waals surface area contributed by atoms with Gasteiger partial charge in [-0.2, -0.15) is 0 Å². The van der Waals surface area contributed by atoms with Crippen molar-refractivity contribution in [3.63, 3.8) is 0 Å². The van der Waals surface area contributed by atoms with E-state index in [1.807, 2.05) is 12.1 Å². The van der Waals surface area contributed by atoms with Gasteiger partial charge in [0.2, 0.25) is 0 Å². The minimum absolute atomic E-state index is 0.0380. The summed E-state index contributed by atoms with van der Waals surface area (Å²) in [5, 5.41) is 13.7. The number of halogens is 1. The van der Waals surface area contributed by atoms with Crippen molar-refractivity contribution in [2.75, 3.05) is 18.2 Å². The Morgan fingerprint density at radius 1 is 1.30 bits per heavy atom. The number of anilines is 3. The molecule has 0 saturated heterocycles. The van der Waals surface area contributed by atoms with Gasteiger partial charge in [0.25, 0.3) is 5.69 Å². The number of methoxy groups -OCH3 is 1. The standard InChI is InChI=1S/C13H12BrN3O3/c1-20-13-5-2-8(6-10(13)14)16-12-4-3-9(17(18)19)7-11(12)15/h2-7,16H,15H2,1H3. The molecule has 0 spiro atoms. The van der Waals surface area contributed by atoms with E-state index in [0.29, 0.717) is 17.1 Å². The summed E-state index contributed by atoms with van der Waals surface area (Å²) in [5.74, 6) is 0.715. The number of hydrogen-bond donors (Lipinski definition) is 2. The Morgan fingerprint density at radius 2 is 2.05 bits per heavy atom. The molecule has 0 unspecified atom stereocenters. The van der Waals surface area contributed by atoms with Crippen LogP contribution in [-0.4, -0.2) is 12.0 Å². The van der Waals surface area contributed by atoms with Crippen LogP contribution in [0.3, 0.4) is 0 Å². The van der Waals surface area contributed by atoms with E-state index in [0.717, 1.165) is 10.2 Å². The number of hydrogen-bond acceptors (Lipinski definition) is 5. The van der Waals surface area contributed by atoms with Crippen LogP contribution in [0.1, 0.15) is 0 Å². The summed E-state index contributed by atoms with van der Waals surface area (Å²) in [4.78, 5) is 10.2. The van der Waals surface area contributed by atoms with Crippen molar-refractivity contribution < 1.29 is 9.66 Å². The SMILES string of the molecule is COc1ccc(Nc2ccc([N+](=O)[O-])cc2N)cc1Br. The van der Waals surface area contributed by atoms with Crippen LogP contribution in [0.2, 0.25) is 0 Å². The van der Waals surface area contributed by atoms with E-state index in [1.165, 1.54) is 12.1 Å². The van der Waals surface area contributed by atoms with Crippen molar-refractivity contribution >= 4 is 38.7 Å². The van der Waals surface area contributed by atoms with E-state index >= 15 is 0 Å². The van der Waals surface area contributed by atoms with Crippen LogP contribution in [0.4, 0.5) is 22.7 Å². The van der Waals surface area contributed by atoms with Gasteiger partial charge in [-0.25, -0.2) is 0 Å². The zero-order valence-electron chi connectivity index (χ0n) is 10.6. The van der Waals surface area contributed by atoms with Crippen molar-refractivity contribution in [2.45, 2.75) is 0 Å². The number of benzene rings is 2. The molecular formula is C13H12BrN3O3. The lowest BCUT2D eigenvalue weighted by Crippen LogP contribution is -1.98. The quantitative estimate of drug-likeness (QED) is 0.504. The second-order valence-corrected chi connectivity index (χ2v) is 4.86. The first-order valence-electron chi connectivity index (χ1n) is 5.65. The maximum absolute atomic E-state index is 10.6. The molecule has 3 N–H and O–H groups in total. The number of nitrogen functional groups attached to an aromatic ring is 1. The van der Waals surface area contributed by atoms with E-state index in [-0.39, 0.29) is 5.69 Å². The molecule has 0 fully saturated rings. The molecule has 0 aliphatic rings. The van der Waals surface area contributed by atoms with Crippen molar-refractivity contribution in [1.29, 1.82) is 0 Å². The van der Waals surface area contributed by atoms with Crippen LogP contribution >= 0.6 is 15.9 Å². The first-order chi connectivity index (χ1) is 9.51. The molecule has 0 bridgehead atoms. The fraction of sp³-hybridized carbons (Fsp3) is 0.0769. The Bertz CT molecular complexity index is 661. The maximum Gasteiger partial charge on any atom is 0.271 e. The van der Waals surface area contributed by atoms with Gasteiger partial charge in [0.15, 0.2) is 0 Å². The molecule has 0 aliphatic carbocycles. The molecule has 20 heavy (non-hydrogen) atoms. The molecule has 0 atom stereocenters. The molecule has 0 aliphatic heterocycles. The third-order valence-electron chi connectivity index (χ3n) is 2.68. The molecule has 2 aromatic carbocycles. The van der Waals surface area contributed by atoms with E-state index in [2.05, 4.69) is 21.2 Å². The predicted octanol–water partition coefficient (Wildman–Crippen LogP) is 3.69. The van der Waals surface area contributed by atoms with Gasteiger partial charge in [-0.3, -0.25) is 10.1 Å².